The van der Waals surface area contributed by atoms with Crippen molar-refractivity contribution in [3.63, 3.8) is 0 Å². The molecule has 2 aliphatic heterocycles. The van der Waals surface area contributed by atoms with E-state index in [-0.39, 0.29) is 24.8 Å². The number of carbonyl (C=O) groups is 1. The zero-order chi connectivity index (χ0) is 32.4. The average molecular weight is 635 g/mol. The molecule has 2 aliphatic rings. The fraction of sp³-hybridized carbons (Fsp3) is 0.359. The van der Waals surface area contributed by atoms with E-state index in [2.05, 4.69) is 99.3 Å². The van der Waals surface area contributed by atoms with Crippen LogP contribution in [0.3, 0.4) is 0 Å². The van der Waals surface area contributed by atoms with Gasteiger partial charge in [-0.05, 0) is 52.4 Å². The Morgan fingerprint density at radius 3 is 2.19 bits per heavy atom. The maximum Gasteiger partial charge on any atom is 0.315 e. The average Bonchev–Trinajstić information content (AvgIpc) is 3.12. The standard InChI is InChI=1S/C39H46N4O4/c1-2-40-39(45)41-25-31-10-6-11-33(22-31)34-12-7-13-35(23-34)38-46-36(24-37(47-38)32-16-14-30(28-44)15-17-32)27-43-20-18-42(19-21-43)26-29-8-4-3-5-9-29/h3-17,22-23,36-38,44H,2,18-21,24-28H2,1H3,(H2,40,41,45)/t36-,37+,38+/m0/s1. The second-order valence-corrected chi connectivity index (χ2v) is 12.5. The van der Waals surface area contributed by atoms with Crippen LogP contribution in [0.25, 0.3) is 11.1 Å². The van der Waals surface area contributed by atoms with Crippen molar-refractivity contribution in [1.82, 2.24) is 20.4 Å². The third kappa shape index (κ3) is 9.06. The van der Waals surface area contributed by atoms with E-state index in [0.717, 1.165) is 79.1 Å². The molecule has 0 bridgehead atoms. The van der Waals surface area contributed by atoms with Crippen LogP contribution in [-0.4, -0.2) is 66.3 Å². The molecule has 4 aromatic rings. The summed E-state index contributed by atoms with van der Waals surface area (Å²) >= 11 is 0. The summed E-state index contributed by atoms with van der Waals surface area (Å²) in [6.07, 6.45) is 0.125. The number of amides is 2. The Bertz CT molecular complexity index is 1570. The van der Waals surface area contributed by atoms with E-state index in [0.29, 0.717) is 13.1 Å². The van der Waals surface area contributed by atoms with E-state index in [9.17, 15) is 9.90 Å². The van der Waals surface area contributed by atoms with Crippen molar-refractivity contribution in [1.29, 1.82) is 0 Å². The summed E-state index contributed by atoms with van der Waals surface area (Å²) in [6.45, 7) is 8.89. The zero-order valence-electron chi connectivity index (χ0n) is 27.2. The first-order chi connectivity index (χ1) is 23.1. The first-order valence-corrected chi connectivity index (χ1v) is 16.8. The summed E-state index contributed by atoms with van der Waals surface area (Å²) in [4.78, 5) is 17.0. The fourth-order valence-electron chi connectivity index (χ4n) is 6.42. The molecule has 0 aromatic heterocycles. The largest absolute Gasteiger partial charge is 0.392 e. The molecule has 0 aliphatic carbocycles. The summed E-state index contributed by atoms with van der Waals surface area (Å²) in [7, 11) is 0. The number of ether oxygens (including phenoxy) is 2. The lowest BCUT2D eigenvalue weighted by atomic mass is 9.98. The highest BCUT2D eigenvalue weighted by Crippen LogP contribution is 2.39. The van der Waals surface area contributed by atoms with Crippen LogP contribution in [0.2, 0.25) is 0 Å². The lowest BCUT2D eigenvalue weighted by Gasteiger charge is -2.41. The van der Waals surface area contributed by atoms with Gasteiger partial charge in [0.25, 0.3) is 0 Å². The van der Waals surface area contributed by atoms with Gasteiger partial charge in [0.2, 0.25) is 0 Å². The number of carbonyl (C=O) groups excluding carboxylic acids is 1. The Balaban J connectivity index is 1.16. The summed E-state index contributed by atoms with van der Waals surface area (Å²) < 4.78 is 13.4. The van der Waals surface area contributed by atoms with E-state index in [1.165, 1.54) is 5.56 Å². The topological polar surface area (TPSA) is 86.3 Å². The number of hydrogen-bond donors (Lipinski definition) is 3. The van der Waals surface area contributed by atoms with Gasteiger partial charge < -0.3 is 25.2 Å². The summed E-state index contributed by atoms with van der Waals surface area (Å²) in [5.41, 5.74) is 7.48. The maximum atomic E-state index is 11.9. The quantitative estimate of drug-likeness (QED) is 0.187. The predicted octanol–water partition coefficient (Wildman–Crippen LogP) is 6.03. The van der Waals surface area contributed by atoms with E-state index in [4.69, 9.17) is 9.47 Å². The highest BCUT2D eigenvalue weighted by atomic mass is 16.7. The molecule has 2 saturated heterocycles. The highest BCUT2D eigenvalue weighted by Gasteiger charge is 2.34. The van der Waals surface area contributed by atoms with Crippen LogP contribution in [0, 0.1) is 0 Å². The van der Waals surface area contributed by atoms with Gasteiger partial charge in [-0.2, -0.15) is 0 Å². The SMILES string of the molecule is CCNC(=O)NCc1cccc(-c2cccc([C@@H]3O[C@H](CN4CCN(Cc5ccccc5)CC4)C[C@H](c4ccc(CO)cc4)O3)c2)c1. The third-order valence-electron chi connectivity index (χ3n) is 9.00. The zero-order valence-corrected chi connectivity index (χ0v) is 27.2. The number of benzene rings is 4. The van der Waals surface area contributed by atoms with Gasteiger partial charge >= 0.3 is 6.03 Å². The lowest BCUT2D eigenvalue weighted by Crippen LogP contribution is -2.49. The van der Waals surface area contributed by atoms with Crippen LogP contribution in [0.5, 0.6) is 0 Å². The Kier molecular flexibility index (Phi) is 11.3. The second kappa shape index (κ2) is 16.2. The first-order valence-electron chi connectivity index (χ1n) is 16.8. The molecule has 47 heavy (non-hydrogen) atoms. The second-order valence-electron chi connectivity index (χ2n) is 12.5. The molecule has 0 radical (unpaired) electrons. The summed E-state index contributed by atoms with van der Waals surface area (Å²) in [5, 5.41) is 15.3. The number of nitrogens with zero attached hydrogens (tertiary/aromatic N) is 2. The monoisotopic (exact) mass is 634 g/mol. The van der Waals surface area contributed by atoms with Crippen molar-refractivity contribution < 1.29 is 19.4 Å². The molecule has 6 rings (SSSR count). The smallest absolute Gasteiger partial charge is 0.315 e. The van der Waals surface area contributed by atoms with Gasteiger partial charge in [-0.15, -0.1) is 0 Å². The van der Waals surface area contributed by atoms with Crippen LogP contribution < -0.4 is 10.6 Å². The Morgan fingerprint density at radius 2 is 1.45 bits per heavy atom. The molecule has 2 fully saturated rings. The first kappa shape index (κ1) is 32.9. The van der Waals surface area contributed by atoms with E-state index in [1.807, 2.05) is 31.2 Å². The fourth-order valence-corrected chi connectivity index (χ4v) is 6.42. The molecule has 4 aromatic carbocycles. The number of urea groups is 1. The molecule has 0 saturated carbocycles. The van der Waals surface area contributed by atoms with Crippen LogP contribution >= 0.6 is 0 Å². The van der Waals surface area contributed by atoms with E-state index >= 15 is 0 Å². The molecular formula is C39H46N4O4. The lowest BCUT2D eigenvalue weighted by molar-refractivity contribution is -0.253. The van der Waals surface area contributed by atoms with Gasteiger partial charge in [0, 0.05) is 64.3 Å². The van der Waals surface area contributed by atoms with Crippen molar-refractivity contribution in [3.8, 4) is 11.1 Å². The van der Waals surface area contributed by atoms with Gasteiger partial charge in [0.05, 0.1) is 18.8 Å². The molecule has 8 nitrogen and oxygen atoms in total. The number of nitrogens with one attached hydrogen (secondary N) is 2. The third-order valence-corrected chi connectivity index (χ3v) is 9.00. The van der Waals surface area contributed by atoms with Crippen LogP contribution in [0.1, 0.15) is 53.6 Å². The number of aliphatic hydroxyl groups excluding tert-OH is 1. The van der Waals surface area contributed by atoms with Gasteiger partial charge in [-0.3, -0.25) is 9.80 Å². The molecule has 3 atom stereocenters. The Morgan fingerprint density at radius 1 is 0.745 bits per heavy atom. The minimum absolute atomic E-state index is 0.00395. The van der Waals surface area contributed by atoms with E-state index in [1.54, 1.807) is 0 Å². The minimum Gasteiger partial charge on any atom is -0.392 e. The van der Waals surface area contributed by atoms with Crippen LogP contribution in [-0.2, 0) is 29.2 Å². The van der Waals surface area contributed by atoms with Crippen LogP contribution in [0.15, 0.2) is 103 Å². The Hall–Kier alpha value is -4.05. The van der Waals surface area contributed by atoms with Gasteiger partial charge in [0.1, 0.15) is 0 Å². The normalized spacial score (nSPS) is 20.5. The van der Waals surface area contributed by atoms with Crippen molar-refractivity contribution >= 4 is 6.03 Å². The molecule has 246 valence electrons. The molecule has 8 heteroatoms. The number of aliphatic hydroxyl groups is 1. The van der Waals surface area contributed by atoms with Gasteiger partial charge in [-0.25, -0.2) is 4.79 Å². The van der Waals surface area contributed by atoms with Crippen molar-refractivity contribution in [2.24, 2.45) is 0 Å². The predicted molar refractivity (Wildman–Crippen MR) is 184 cm³/mol. The summed E-state index contributed by atoms with van der Waals surface area (Å²) in [5.74, 6) is 0. The molecule has 2 heterocycles. The molecule has 0 spiro atoms. The van der Waals surface area contributed by atoms with Gasteiger partial charge in [-0.1, -0.05) is 91.0 Å². The van der Waals surface area contributed by atoms with Gasteiger partial charge in [0.15, 0.2) is 6.29 Å². The van der Waals surface area contributed by atoms with Crippen molar-refractivity contribution in [2.75, 3.05) is 39.3 Å². The maximum absolute atomic E-state index is 11.9. The number of hydrogen-bond acceptors (Lipinski definition) is 6. The molecule has 2 amide bonds. The molecular weight excluding hydrogens is 588 g/mol. The number of piperazine rings is 1. The van der Waals surface area contributed by atoms with Crippen molar-refractivity contribution in [3.05, 3.63) is 131 Å². The van der Waals surface area contributed by atoms with Crippen LogP contribution in [0.4, 0.5) is 4.79 Å². The molecule has 0 unspecified atom stereocenters. The Labute approximate surface area is 278 Å². The number of rotatable bonds is 11. The summed E-state index contributed by atoms with van der Waals surface area (Å²) in [6, 6.07) is 35.2. The molecule has 3 N–H and O–H groups in total. The highest BCUT2D eigenvalue weighted by molar-refractivity contribution is 5.74. The minimum atomic E-state index is -0.516. The van der Waals surface area contributed by atoms with Crippen molar-refractivity contribution in [2.45, 2.75) is 51.5 Å². The van der Waals surface area contributed by atoms with E-state index < -0.39 is 6.29 Å².